The lowest BCUT2D eigenvalue weighted by Crippen LogP contribution is -2.07. The second-order valence-corrected chi connectivity index (χ2v) is 9.89. The molecule has 0 atom stereocenters. The summed E-state index contributed by atoms with van der Waals surface area (Å²) in [6, 6.07) is 0.252. The Balaban J connectivity index is 3.47. The van der Waals surface area contributed by atoms with Gasteiger partial charge in [-0.1, -0.05) is 0 Å². The lowest BCUT2D eigenvalue weighted by atomic mass is 10.1. The van der Waals surface area contributed by atoms with Gasteiger partial charge in [0, 0.05) is 10.8 Å². The molecule has 8 nitrogen and oxygen atoms in total. The molecular weight excluding hydrogens is 452 g/mol. The van der Waals surface area contributed by atoms with Crippen molar-refractivity contribution in [1.29, 1.82) is 0 Å². The van der Waals surface area contributed by atoms with Gasteiger partial charge in [0.15, 0.2) is 0 Å². The van der Waals surface area contributed by atoms with Crippen LogP contribution in [0.4, 0.5) is 15.5 Å². The third kappa shape index (κ3) is 3.67. The van der Waals surface area contributed by atoms with Crippen LogP contribution in [0, 0.1) is 0 Å². The van der Waals surface area contributed by atoms with Crippen LogP contribution in [0.3, 0.4) is 0 Å². The van der Waals surface area contributed by atoms with Crippen molar-refractivity contribution in [2.24, 2.45) is 0 Å². The topological polar surface area (TPSA) is 137 Å². The summed E-state index contributed by atoms with van der Waals surface area (Å²) >= 11 is 0. The summed E-state index contributed by atoms with van der Waals surface area (Å²) in [6.07, 6.45) is 0. The van der Waals surface area contributed by atoms with E-state index in [0.717, 1.165) is 0 Å². The number of rotatable bonds is 4. The maximum atomic E-state index is 13.4. The minimum atomic E-state index is -5.90. The molecular formula is C10H4F4O8S4. The standard InChI is InChI=1S/C10H4F4O8S4/c11-23(15,16)5-1-2-6(24(12,17)18)10-8(26(14,21)22)4-3-7(9(5)10)25(13,19)20/h1-4H. The Hall–Kier alpha value is -1.78. The molecule has 0 saturated heterocycles. The van der Waals surface area contributed by atoms with E-state index < -0.39 is 71.2 Å². The molecule has 2 aromatic carbocycles. The Kier molecular flexibility index (Phi) is 4.63. The molecule has 0 amide bonds. The van der Waals surface area contributed by atoms with Crippen molar-refractivity contribution < 1.29 is 49.2 Å². The number of benzene rings is 2. The van der Waals surface area contributed by atoms with Gasteiger partial charge in [-0.3, -0.25) is 0 Å². The highest BCUT2D eigenvalue weighted by Crippen LogP contribution is 2.39. The van der Waals surface area contributed by atoms with Gasteiger partial charge in [-0.05, 0) is 24.3 Å². The third-order valence-corrected chi connectivity index (χ3v) is 6.52. The van der Waals surface area contributed by atoms with Crippen LogP contribution in [0.25, 0.3) is 10.8 Å². The van der Waals surface area contributed by atoms with Crippen molar-refractivity contribution in [3.05, 3.63) is 24.3 Å². The molecule has 16 heteroatoms. The molecule has 0 aliphatic heterocycles. The van der Waals surface area contributed by atoms with E-state index in [1.54, 1.807) is 0 Å². The predicted octanol–water partition coefficient (Wildman–Crippen LogP) is 1.47. The molecule has 2 aromatic rings. The SMILES string of the molecule is O=S(=O)(F)c1ccc(S(=O)(=O)F)c2c(S(=O)(=O)F)ccc(S(=O)(=O)F)c12. The largest absolute Gasteiger partial charge is 0.332 e. The molecule has 144 valence electrons. The first-order valence-electron chi connectivity index (χ1n) is 5.84. The summed E-state index contributed by atoms with van der Waals surface area (Å²) in [5.74, 6) is 0. The highest BCUT2D eigenvalue weighted by atomic mass is 32.3. The van der Waals surface area contributed by atoms with Gasteiger partial charge < -0.3 is 0 Å². The Bertz CT molecular complexity index is 1150. The maximum Gasteiger partial charge on any atom is 0.332 e. The molecule has 0 unspecified atom stereocenters. The Labute approximate surface area is 144 Å². The van der Waals surface area contributed by atoms with Crippen LogP contribution in [0.2, 0.25) is 0 Å². The summed E-state index contributed by atoms with van der Waals surface area (Å²) in [5, 5.41) is -3.35. The van der Waals surface area contributed by atoms with Crippen LogP contribution >= 0.6 is 0 Å². The van der Waals surface area contributed by atoms with Gasteiger partial charge in [-0.15, -0.1) is 15.5 Å². The molecule has 0 saturated carbocycles. The molecule has 0 N–H and O–H groups in total. The first kappa shape index (κ1) is 20.5. The second kappa shape index (κ2) is 5.86. The lowest BCUT2D eigenvalue weighted by molar-refractivity contribution is 0.545. The molecule has 0 aliphatic carbocycles. The zero-order chi connectivity index (χ0) is 20.3. The fourth-order valence-electron chi connectivity index (χ4n) is 2.18. The average Bonchev–Trinajstić information content (AvgIpc) is 2.40. The molecule has 0 fully saturated rings. The van der Waals surface area contributed by atoms with Gasteiger partial charge >= 0.3 is 40.9 Å². The van der Waals surface area contributed by atoms with Gasteiger partial charge in [0.25, 0.3) is 0 Å². The Morgan fingerprint density at radius 1 is 0.423 bits per heavy atom. The van der Waals surface area contributed by atoms with E-state index in [9.17, 15) is 49.2 Å². The number of halogens is 4. The lowest BCUT2D eigenvalue weighted by Gasteiger charge is -2.12. The molecule has 26 heavy (non-hydrogen) atoms. The molecule has 0 aromatic heterocycles. The van der Waals surface area contributed by atoms with Gasteiger partial charge in [-0.2, -0.15) is 33.7 Å². The summed E-state index contributed by atoms with van der Waals surface area (Å²) in [7, 11) is -23.6. The number of hydrogen-bond acceptors (Lipinski definition) is 8. The van der Waals surface area contributed by atoms with E-state index >= 15 is 0 Å². The minimum Gasteiger partial charge on any atom is -0.189 e. The van der Waals surface area contributed by atoms with Crippen LogP contribution in [0.5, 0.6) is 0 Å². The summed E-state index contributed by atoms with van der Waals surface area (Å²) in [4.78, 5) is -6.83. The predicted molar refractivity (Wildman–Crippen MR) is 77.1 cm³/mol. The Morgan fingerprint density at radius 2 is 0.577 bits per heavy atom. The summed E-state index contributed by atoms with van der Waals surface area (Å²) < 4.78 is 143. The van der Waals surface area contributed by atoms with Gasteiger partial charge in [-0.25, -0.2) is 0 Å². The maximum absolute atomic E-state index is 13.4. The van der Waals surface area contributed by atoms with Crippen molar-refractivity contribution in [3.63, 3.8) is 0 Å². The monoisotopic (exact) mass is 456 g/mol. The van der Waals surface area contributed by atoms with Crippen molar-refractivity contribution in [3.8, 4) is 0 Å². The van der Waals surface area contributed by atoms with Crippen LogP contribution in [-0.2, 0) is 40.9 Å². The van der Waals surface area contributed by atoms with Gasteiger partial charge in [0.1, 0.15) is 19.6 Å². The van der Waals surface area contributed by atoms with E-state index in [4.69, 9.17) is 0 Å². The summed E-state index contributed by atoms with van der Waals surface area (Å²) in [6.45, 7) is 0. The fourth-order valence-corrected chi connectivity index (χ4v) is 5.06. The van der Waals surface area contributed by atoms with E-state index in [-0.39, 0.29) is 24.3 Å². The smallest absolute Gasteiger partial charge is 0.189 e. The van der Waals surface area contributed by atoms with E-state index in [1.165, 1.54) is 0 Å². The molecule has 0 radical (unpaired) electrons. The fraction of sp³-hybridized carbons (Fsp3) is 0. The van der Waals surface area contributed by atoms with Crippen LogP contribution in [0.1, 0.15) is 0 Å². The minimum absolute atomic E-state index is 0.0629. The van der Waals surface area contributed by atoms with E-state index in [2.05, 4.69) is 0 Å². The first-order chi connectivity index (χ1) is 11.5. The quantitative estimate of drug-likeness (QED) is 0.498. The van der Waals surface area contributed by atoms with E-state index in [0.29, 0.717) is 0 Å². The highest BCUT2D eigenvalue weighted by molar-refractivity contribution is 7.88. The van der Waals surface area contributed by atoms with Crippen molar-refractivity contribution in [2.45, 2.75) is 19.6 Å². The Morgan fingerprint density at radius 3 is 0.692 bits per heavy atom. The second-order valence-electron chi connectivity index (χ2n) is 4.63. The number of hydrogen-bond donors (Lipinski definition) is 0. The van der Waals surface area contributed by atoms with Crippen LogP contribution in [-0.4, -0.2) is 33.7 Å². The molecule has 0 aliphatic rings. The molecule has 0 bridgehead atoms. The zero-order valence-electron chi connectivity index (χ0n) is 11.7. The van der Waals surface area contributed by atoms with Crippen molar-refractivity contribution in [1.82, 2.24) is 0 Å². The first-order valence-corrected chi connectivity index (χ1v) is 11.4. The normalized spacial score (nSPS) is 13.8. The highest BCUT2D eigenvalue weighted by Gasteiger charge is 2.33. The van der Waals surface area contributed by atoms with Crippen molar-refractivity contribution in [2.75, 3.05) is 0 Å². The zero-order valence-corrected chi connectivity index (χ0v) is 15.0. The van der Waals surface area contributed by atoms with Crippen LogP contribution in [0.15, 0.2) is 43.8 Å². The third-order valence-electron chi connectivity index (χ3n) is 3.06. The van der Waals surface area contributed by atoms with E-state index in [1.807, 2.05) is 0 Å². The number of fused-ring (bicyclic) bond motifs is 1. The summed E-state index contributed by atoms with van der Waals surface area (Å²) in [5.41, 5.74) is 0. The molecule has 0 heterocycles. The van der Waals surface area contributed by atoms with Gasteiger partial charge in [0.05, 0.1) is 0 Å². The average molecular weight is 456 g/mol. The van der Waals surface area contributed by atoms with Crippen LogP contribution < -0.4 is 0 Å². The molecule has 0 spiro atoms. The van der Waals surface area contributed by atoms with Crippen molar-refractivity contribution >= 4 is 51.7 Å². The molecule has 2 rings (SSSR count). The van der Waals surface area contributed by atoms with Gasteiger partial charge in [0.2, 0.25) is 0 Å².